The maximum absolute atomic E-state index is 9.20. The van der Waals surface area contributed by atoms with Crippen molar-refractivity contribution in [3.05, 3.63) is 18.0 Å². The average molecular weight is 209 g/mol. The zero-order valence-electron chi connectivity index (χ0n) is 9.26. The Balaban J connectivity index is 1.95. The van der Waals surface area contributed by atoms with Crippen LogP contribution >= 0.6 is 0 Å². The van der Waals surface area contributed by atoms with Crippen molar-refractivity contribution >= 4 is 0 Å². The summed E-state index contributed by atoms with van der Waals surface area (Å²) in [4.78, 5) is 2.34. The van der Waals surface area contributed by atoms with E-state index in [1.807, 2.05) is 10.9 Å². The lowest BCUT2D eigenvalue weighted by Crippen LogP contribution is -2.31. The normalized spacial score (nSPS) is 22.4. The van der Waals surface area contributed by atoms with Gasteiger partial charge in [0, 0.05) is 30.9 Å². The van der Waals surface area contributed by atoms with Gasteiger partial charge in [-0.3, -0.25) is 9.58 Å². The van der Waals surface area contributed by atoms with Gasteiger partial charge in [-0.2, -0.15) is 5.10 Å². The van der Waals surface area contributed by atoms with Crippen LogP contribution in [0.1, 0.15) is 25.3 Å². The Labute approximate surface area is 90.5 Å². The van der Waals surface area contributed by atoms with Crippen molar-refractivity contribution in [3.63, 3.8) is 0 Å². The molecule has 0 unspecified atom stereocenters. The van der Waals surface area contributed by atoms with Crippen molar-refractivity contribution in [1.29, 1.82) is 0 Å². The van der Waals surface area contributed by atoms with E-state index in [1.165, 1.54) is 12.0 Å². The van der Waals surface area contributed by atoms with Crippen LogP contribution in [0, 0.1) is 0 Å². The van der Waals surface area contributed by atoms with E-state index >= 15 is 0 Å². The molecule has 0 spiro atoms. The van der Waals surface area contributed by atoms with Gasteiger partial charge >= 0.3 is 0 Å². The second-order valence-corrected chi connectivity index (χ2v) is 4.15. The molecule has 0 aromatic carbocycles. The number of likely N-dealkylation sites (tertiary alicyclic amines) is 1. The molecule has 2 rings (SSSR count). The van der Waals surface area contributed by atoms with Gasteiger partial charge in [-0.1, -0.05) is 0 Å². The molecule has 1 fully saturated rings. The van der Waals surface area contributed by atoms with Crippen molar-refractivity contribution in [3.8, 4) is 0 Å². The number of hydrogen-bond donors (Lipinski definition) is 1. The molecule has 1 N–H and O–H groups in total. The van der Waals surface area contributed by atoms with Crippen LogP contribution in [-0.4, -0.2) is 39.0 Å². The molecule has 1 atom stereocenters. The van der Waals surface area contributed by atoms with Crippen LogP contribution in [0.5, 0.6) is 0 Å². The summed E-state index contributed by atoms with van der Waals surface area (Å²) < 4.78 is 1.94. The van der Waals surface area contributed by atoms with Crippen LogP contribution < -0.4 is 0 Å². The van der Waals surface area contributed by atoms with E-state index < -0.39 is 0 Å². The van der Waals surface area contributed by atoms with Crippen LogP contribution in [0.25, 0.3) is 0 Å². The molecule has 1 aromatic rings. The van der Waals surface area contributed by atoms with E-state index in [2.05, 4.69) is 23.1 Å². The molecule has 1 saturated heterocycles. The fourth-order valence-electron chi connectivity index (χ4n) is 2.21. The molecule has 4 heteroatoms. The lowest BCUT2D eigenvalue weighted by atomic mass is 10.2. The molecule has 1 aliphatic heterocycles. The van der Waals surface area contributed by atoms with E-state index in [1.54, 1.807) is 0 Å². The van der Waals surface area contributed by atoms with Crippen LogP contribution in [0.15, 0.2) is 12.4 Å². The third-order valence-corrected chi connectivity index (χ3v) is 3.11. The predicted molar refractivity (Wildman–Crippen MR) is 58.4 cm³/mol. The summed E-state index contributed by atoms with van der Waals surface area (Å²) in [5.41, 5.74) is 1.25. The second kappa shape index (κ2) is 4.77. The number of rotatable bonds is 4. The van der Waals surface area contributed by atoms with Gasteiger partial charge in [0.1, 0.15) is 0 Å². The first kappa shape index (κ1) is 10.6. The molecule has 84 valence electrons. The number of aryl methyl sites for hydroxylation is 1. The van der Waals surface area contributed by atoms with Gasteiger partial charge in [0.25, 0.3) is 0 Å². The van der Waals surface area contributed by atoms with Crippen molar-refractivity contribution in [2.45, 2.75) is 38.9 Å². The van der Waals surface area contributed by atoms with Gasteiger partial charge in [-0.25, -0.2) is 0 Å². The third-order valence-electron chi connectivity index (χ3n) is 3.11. The molecule has 0 aliphatic carbocycles. The van der Waals surface area contributed by atoms with Gasteiger partial charge < -0.3 is 5.11 Å². The van der Waals surface area contributed by atoms with Gasteiger partial charge in [0.15, 0.2) is 0 Å². The summed E-state index contributed by atoms with van der Waals surface area (Å²) in [6.07, 6.45) is 6.34. The first-order valence-corrected chi connectivity index (χ1v) is 5.69. The van der Waals surface area contributed by atoms with Crippen LogP contribution in [0.3, 0.4) is 0 Å². The van der Waals surface area contributed by atoms with Crippen LogP contribution in [0.2, 0.25) is 0 Å². The SMILES string of the molecule is CCn1cc(CN2CCC[C@H]2CO)cn1. The minimum Gasteiger partial charge on any atom is -0.395 e. The highest BCUT2D eigenvalue weighted by molar-refractivity contribution is 5.04. The molecular weight excluding hydrogens is 190 g/mol. The second-order valence-electron chi connectivity index (χ2n) is 4.15. The molecule has 1 aromatic heterocycles. The summed E-state index contributed by atoms with van der Waals surface area (Å²) in [6, 6.07) is 0.356. The topological polar surface area (TPSA) is 41.3 Å². The highest BCUT2D eigenvalue weighted by Crippen LogP contribution is 2.19. The smallest absolute Gasteiger partial charge is 0.0587 e. The Bertz CT molecular complexity index is 311. The molecule has 4 nitrogen and oxygen atoms in total. The van der Waals surface area contributed by atoms with Crippen LogP contribution in [-0.2, 0) is 13.1 Å². The lowest BCUT2D eigenvalue weighted by molar-refractivity contribution is 0.153. The highest BCUT2D eigenvalue weighted by Gasteiger charge is 2.23. The summed E-state index contributed by atoms with van der Waals surface area (Å²) in [6.45, 7) is 5.31. The summed E-state index contributed by atoms with van der Waals surface area (Å²) >= 11 is 0. The Morgan fingerprint density at radius 3 is 3.13 bits per heavy atom. The Morgan fingerprint density at radius 2 is 2.47 bits per heavy atom. The largest absolute Gasteiger partial charge is 0.395 e. The fraction of sp³-hybridized carbons (Fsp3) is 0.727. The van der Waals surface area contributed by atoms with Crippen molar-refractivity contribution in [2.24, 2.45) is 0 Å². The van der Waals surface area contributed by atoms with Crippen LogP contribution in [0.4, 0.5) is 0 Å². The maximum atomic E-state index is 9.20. The monoisotopic (exact) mass is 209 g/mol. The molecule has 1 aliphatic rings. The van der Waals surface area contributed by atoms with Crippen molar-refractivity contribution in [2.75, 3.05) is 13.2 Å². The molecule has 0 radical (unpaired) electrons. The Morgan fingerprint density at radius 1 is 1.60 bits per heavy atom. The van der Waals surface area contributed by atoms with E-state index in [4.69, 9.17) is 0 Å². The van der Waals surface area contributed by atoms with Gasteiger partial charge in [-0.15, -0.1) is 0 Å². The quantitative estimate of drug-likeness (QED) is 0.799. The molecular formula is C11H19N3O. The van der Waals surface area contributed by atoms with E-state index in [0.717, 1.165) is 26.1 Å². The number of aromatic nitrogens is 2. The number of nitrogens with zero attached hydrogens (tertiary/aromatic N) is 3. The summed E-state index contributed by atoms with van der Waals surface area (Å²) in [5, 5.41) is 13.5. The standard InChI is InChI=1S/C11H19N3O/c1-2-14-8-10(6-12-14)7-13-5-3-4-11(13)9-15/h6,8,11,15H,2-5,7,9H2,1H3/t11-/m0/s1. The molecule has 15 heavy (non-hydrogen) atoms. The maximum Gasteiger partial charge on any atom is 0.0587 e. The third kappa shape index (κ3) is 2.38. The van der Waals surface area contributed by atoms with E-state index in [-0.39, 0.29) is 6.61 Å². The highest BCUT2D eigenvalue weighted by atomic mass is 16.3. The zero-order chi connectivity index (χ0) is 10.7. The zero-order valence-corrected chi connectivity index (χ0v) is 9.26. The Hall–Kier alpha value is -0.870. The summed E-state index contributed by atoms with van der Waals surface area (Å²) in [7, 11) is 0. The first-order valence-electron chi connectivity index (χ1n) is 5.69. The minimum absolute atomic E-state index is 0.280. The van der Waals surface area contributed by atoms with Gasteiger partial charge in [-0.05, 0) is 26.3 Å². The average Bonchev–Trinajstić information content (AvgIpc) is 2.87. The lowest BCUT2D eigenvalue weighted by Gasteiger charge is -2.21. The fourth-order valence-corrected chi connectivity index (χ4v) is 2.21. The first-order chi connectivity index (χ1) is 7.33. The summed E-state index contributed by atoms with van der Waals surface area (Å²) in [5.74, 6) is 0. The van der Waals surface area contributed by atoms with Crippen molar-refractivity contribution in [1.82, 2.24) is 14.7 Å². The molecule has 0 bridgehead atoms. The van der Waals surface area contributed by atoms with E-state index in [9.17, 15) is 5.11 Å². The number of aliphatic hydroxyl groups is 1. The number of hydrogen-bond acceptors (Lipinski definition) is 3. The van der Waals surface area contributed by atoms with Gasteiger partial charge in [0.05, 0.1) is 12.8 Å². The predicted octanol–water partition coefficient (Wildman–Crippen LogP) is 0.860. The number of aliphatic hydroxyl groups excluding tert-OH is 1. The van der Waals surface area contributed by atoms with E-state index in [0.29, 0.717) is 6.04 Å². The molecule has 0 saturated carbocycles. The Kier molecular flexibility index (Phi) is 3.38. The minimum atomic E-state index is 0.280. The van der Waals surface area contributed by atoms with Gasteiger partial charge in [0.2, 0.25) is 0 Å². The van der Waals surface area contributed by atoms with Crippen molar-refractivity contribution < 1.29 is 5.11 Å². The molecule has 0 amide bonds. The molecule has 2 heterocycles.